The standard InChI is InChI=1S/C18H22ClFN4/c1-23(2)12-15-7-8-21-18(22-15)17-4-3-9-24(17)11-13-5-6-14(20)10-16(13)19/h5-8,10,17H,3-4,9,11-12H2,1-2H3/t17-/m0/s1. The van der Waals surface area contributed by atoms with Gasteiger partial charge in [-0.25, -0.2) is 14.4 Å². The zero-order valence-electron chi connectivity index (χ0n) is 14.0. The van der Waals surface area contributed by atoms with Crippen LogP contribution in [-0.4, -0.2) is 40.4 Å². The number of nitrogens with zero attached hydrogens (tertiary/aromatic N) is 4. The highest BCUT2D eigenvalue weighted by Gasteiger charge is 2.28. The molecule has 1 aromatic heterocycles. The van der Waals surface area contributed by atoms with Crippen molar-refractivity contribution in [3.63, 3.8) is 0 Å². The van der Waals surface area contributed by atoms with Crippen LogP contribution in [0.2, 0.25) is 5.02 Å². The Bertz CT molecular complexity index is 707. The average molecular weight is 349 g/mol. The van der Waals surface area contributed by atoms with Gasteiger partial charge in [-0.05, 0) is 57.2 Å². The number of hydrogen-bond acceptors (Lipinski definition) is 4. The molecule has 1 saturated heterocycles. The molecule has 0 spiro atoms. The van der Waals surface area contributed by atoms with Crippen LogP contribution in [0.5, 0.6) is 0 Å². The Morgan fingerprint density at radius 1 is 1.33 bits per heavy atom. The highest BCUT2D eigenvalue weighted by atomic mass is 35.5. The van der Waals surface area contributed by atoms with Crippen molar-refractivity contribution in [2.75, 3.05) is 20.6 Å². The largest absolute Gasteiger partial charge is 0.304 e. The Balaban J connectivity index is 1.78. The Hall–Kier alpha value is -1.56. The third kappa shape index (κ3) is 4.09. The van der Waals surface area contributed by atoms with Gasteiger partial charge in [0.2, 0.25) is 0 Å². The first-order chi connectivity index (χ1) is 11.5. The molecule has 0 radical (unpaired) electrons. The molecule has 0 N–H and O–H groups in total. The average Bonchev–Trinajstić information content (AvgIpc) is 2.98. The van der Waals surface area contributed by atoms with Crippen LogP contribution in [0.25, 0.3) is 0 Å². The molecule has 1 aliphatic rings. The van der Waals surface area contributed by atoms with Crippen molar-refractivity contribution < 1.29 is 4.39 Å². The van der Waals surface area contributed by atoms with E-state index in [9.17, 15) is 4.39 Å². The Morgan fingerprint density at radius 2 is 2.17 bits per heavy atom. The van der Waals surface area contributed by atoms with Crippen molar-refractivity contribution in [3.05, 3.63) is 58.4 Å². The second kappa shape index (κ2) is 7.55. The highest BCUT2D eigenvalue weighted by molar-refractivity contribution is 6.31. The third-order valence-electron chi connectivity index (χ3n) is 4.26. The maximum absolute atomic E-state index is 13.2. The summed E-state index contributed by atoms with van der Waals surface area (Å²) in [5.41, 5.74) is 1.96. The summed E-state index contributed by atoms with van der Waals surface area (Å²) in [6.45, 7) is 2.46. The predicted molar refractivity (Wildman–Crippen MR) is 93.2 cm³/mol. The van der Waals surface area contributed by atoms with Gasteiger partial charge in [-0.2, -0.15) is 0 Å². The Morgan fingerprint density at radius 3 is 2.92 bits per heavy atom. The molecule has 4 nitrogen and oxygen atoms in total. The van der Waals surface area contributed by atoms with Crippen molar-refractivity contribution in [3.8, 4) is 0 Å². The van der Waals surface area contributed by atoms with Crippen LogP contribution in [0.15, 0.2) is 30.5 Å². The number of benzene rings is 1. The lowest BCUT2D eigenvalue weighted by molar-refractivity contribution is 0.239. The van der Waals surface area contributed by atoms with Crippen LogP contribution in [0.1, 0.15) is 36.0 Å². The summed E-state index contributed by atoms with van der Waals surface area (Å²) in [6, 6.07) is 6.74. The van der Waals surface area contributed by atoms with Gasteiger partial charge in [-0.15, -0.1) is 0 Å². The normalized spacial score (nSPS) is 18.5. The molecule has 1 fully saturated rings. The minimum atomic E-state index is -0.304. The summed E-state index contributed by atoms with van der Waals surface area (Å²) in [7, 11) is 4.06. The highest BCUT2D eigenvalue weighted by Crippen LogP contribution is 2.32. The summed E-state index contributed by atoms with van der Waals surface area (Å²) >= 11 is 6.18. The number of hydrogen-bond donors (Lipinski definition) is 0. The van der Waals surface area contributed by atoms with E-state index in [2.05, 4.69) is 14.8 Å². The van der Waals surface area contributed by atoms with Crippen molar-refractivity contribution in [1.29, 1.82) is 0 Å². The molecule has 1 aromatic carbocycles. The Labute approximate surface area is 147 Å². The molecule has 0 saturated carbocycles. The topological polar surface area (TPSA) is 32.3 Å². The fraction of sp³-hybridized carbons (Fsp3) is 0.444. The summed E-state index contributed by atoms with van der Waals surface area (Å²) in [4.78, 5) is 13.7. The molecule has 0 aliphatic carbocycles. The third-order valence-corrected chi connectivity index (χ3v) is 4.61. The van der Waals surface area contributed by atoms with Gasteiger partial charge in [0.05, 0.1) is 11.7 Å². The molecule has 128 valence electrons. The summed E-state index contributed by atoms with van der Waals surface area (Å²) in [6.07, 6.45) is 3.97. The van der Waals surface area contributed by atoms with E-state index >= 15 is 0 Å². The number of rotatable bonds is 5. The van der Waals surface area contributed by atoms with Crippen LogP contribution in [0.4, 0.5) is 4.39 Å². The summed E-state index contributed by atoms with van der Waals surface area (Å²) in [5.74, 6) is 0.562. The predicted octanol–water partition coefficient (Wildman–Crippen LogP) is 3.67. The van der Waals surface area contributed by atoms with E-state index in [1.807, 2.05) is 26.4 Å². The molecule has 2 heterocycles. The minimum Gasteiger partial charge on any atom is -0.304 e. The zero-order chi connectivity index (χ0) is 17.1. The Kier molecular flexibility index (Phi) is 5.43. The molecule has 0 bridgehead atoms. The van der Waals surface area contributed by atoms with Gasteiger partial charge >= 0.3 is 0 Å². The van der Waals surface area contributed by atoms with Crippen molar-refractivity contribution in [1.82, 2.24) is 19.8 Å². The van der Waals surface area contributed by atoms with E-state index < -0.39 is 0 Å². The molecule has 0 amide bonds. The van der Waals surface area contributed by atoms with E-state index in [0.29, 0.717) is 11.6 Å². The van der Waals surface area contributed by atoms with Crippen molar-refractivity contribution in [2.24, 2.45) is 0 Å². The number of likely N-dealkylation sites (tertiary alicyclic amines) is 1. The van der Waals surface area contributed by atoms with Crippen LogP contribution in [0, 0.1) is 5.82 Å². The monoisotopic (exact) mass is 348 g/mol. The van der Waals surface area contributed by atoms with E-state index in [4.69, 9.17) is 16.6 Å². The van der Waals surface area contributed by atoms with Gasteiger partial charge < -0.3 is 4.90 Å². The van der Waals surface area contributed by atoms with E-state index in [0.717, 1.165) is 43.0 Å². The van der Waals surface area contributed by atoms with Gasteiger partial charge in [-0.3, -0.25) is 4.90 Å². The maximum atomic E-state index is 13.2. The molecule has 1 atom stereocenters. The quantitative estimate of drug-likeness (QED) is 0.825. The molecule has 6 heteroatoms. The molecular formula is C18H22ClFN4. The van der Waals surface area contributed by atoms with E-state index in [1.165, 1.54) is 12.1 Å². The SMILES string of the molecule is CN(C)Cc1ccnc([C@@H]2CCCN2Cc2ccc(F)cc2Cl)n1. The summed E-state index contributed by atoms with van der Waals surface area (Å²) < 4.78 is 13.2. The lowest BCUT2D eigenvalue weighted by Crippen LogP contribution is -2.25. The fourth-order valence-corrected chi connectivity index (χ4v) is 3.39. The molecular weight excluding hydrogens is 327 g/mol. The smallest absolute Gasteiger partial charge is 0.145 e. The van der Waals surface area contributed by atoms with Crippen LogP contribution in [-0.2, 0) is 13.1 Å². The number of aromatic nitrogens is 2. The van der Waals surface area contributed by atoms with Gasteiger partial charge in [0.1, 0.15) is 11.6 Å². The van der Waals surface area contributed by atoms with Gasteiger partial charge in [0, 0.05) is 24.3 Å². The molecule has 3 rings (SSSR count). The van der Waals surface area contributed by atoms with Crippen molar-refractivity contribution in [2.45, 2.75) is 32.0 Å². The van der Waals surface area contributed by atoms with Gasteiger partial charge in [0.15, 0.2) is 0 Å². The number of halogens is 2. The van der Waals surface area contributed by atoms with E-state index in [1.54, 1.807) is 6.07 Å². The van der Waals surface area contributed by atoms with Gasteiger partial charge in [-0.1, -0.05) is 17.7 Å². The molecule has 24 heavy (non-hydrogen) atoms. The first kappa shape index (κ1) is 17.3. The second-order valence-corrected chi connectivity index (χ2v) is 6.92. The fourth-order valence-electron chi connectivity index (χ4n) is 3.16. The second-order valence-electron chi connectivity index (χ2n) is 6.51. The lowest BCUT2D eigenvalue weighted by Gasteiger charge is -2.24. The lowest BCUT2D eigenvalue weighted by atomic mass is 10.1. The van der Waals surface area contributed by atoms with Crippen LogP contribution >= 0.6 is 11.6 Å². The molecule has 1 aliphatic heterocycles. The maximum Gasteiger partial charge on any atom is 0.145 e. The summed E-state index contributed by atoms with van der Waals surface area (Å²) in [5, 5.41) is 0.475. The zero-order valence-corrected chi connectivity index (χ0v) is 14.8. The van der Waals surface area contributed by atoms with Gasteiger partial charge in [0.25, 0.3) is 0 Å². The first-order valence-electron chi connectivity index (χ1n) is 8.17. The van der Waals surface area contributed by atoms with Crippen LogP contribution in [0.3, 0.4) is 0 Å². The molecule has 0 unspecified atom stereocenters. The van der Waals surface area contributed by atoms with E-state index in [-0.39, 0.29) is 11.9 Å². The van der Waals surface area contributed by atoms with Crippen molar-refractivity contribution >= 4 is 11.6 Å². The van der Waals surface area contributed by atoms with Crippen LogP contribution < -0.4 is 0 Å². The molecule has 2 aromatic rings. The minimum absolute atomic E-state index is 0.188. The first-order valence-corrected chi connectivity index (χ1v) is 8.55.